The molecule has 0 saturated carbocycles. The van der Waals surface area contributed by atoms with Crippen LogP contribution in [0.1, 0.15) is 18.5 Å². The van der Waals surface area contributed by atoms with Crippen LogP contribution in [0.3, 0.4) is 0 Å². The molecule has 0 spiro atoms. The molecule has 0 unspecified atom stereocenters. The number of aromatic nitrogens is 2. The highest BCUT2D eigenvalue weighted by molar-refractivity contribution is 9.10. The lowest BCUT2D eigenvalue weighted by molar-refractivity contribution is 0.170. The highest BCUT2D eigenvalue weighted by Gasteiger charge is 2.23. The summed E-state index contributed by atoms with van der Waals surface area (Å²) in [4.78, 5) is 10.5. The van der Waals surface area contributed by atoms with E-state index in [9.17, 15) is 0 Å². The van der Waals surface area contributed by atoms with E-state index in [4.69, 9.17) is 10.00 Å². The molecule has 0 aliphatic carbocycles. The molecule has 5 nitrogen and oxygen atoms in total. The second kappa shape index (κ2) is 6.75. The number of benzene rings is 1. The molecule has 2 aromatic rings. The van der Waals surface area contributed by atoms with E-state index >= 15 is 0 Å². The normalized spacial score (nSPS) is 15.4. The molecule has 1 aliphatic rings. The van der Waals surface area contributed by atoms with Crippen LogP contribution in [0, 0.1) is 11.3 Å². The van der Waals surface area contributed by atoms with Gasteiger partial charge in [0, 0.05) is 42.8 Å². The Morgan fingerprint density at radius 1 is 1.23 bits per heavy atom. The number of rotatable bonds is 3. The van der Waals surface area contributed by atoms with Gasteiger partial charge in [-0.25, -0.2) is 9.97 Å². The van der Waals surface area contributed by atoms with Crippen molar-refractivity contribution in [3.8, 4) is 11.8 Å². The summed E-state index contributed by atoms with van der Waals surface area (Å²) in [5.41, 5.74) is 0.383. The molecule has 6 heteroatoms. The molecule has 1 aliphatic heterocycles. The molecule has 0 amide bonds. The third kappa shape index (κ3) is 3.37. The zero-order valence-electron chi connectivity index (χ0n) is 11.9. The fraction of sp³-hybridized carbons (Fsp3) is 0.312. The van der Waals surface area contributed by atoms with Gasteiger partial charge < -0.3 is 9.64 Å². The van der Waals surface area contributed by atoms with Gasteiger partial charge in [-0.05, 0) is 18.2 Å². The van der Waals surface area contributed by atoms with Crippen LogP contribution < -0.4 is 9.64 Å². The van der Waals surface area contributed by atoms with Crippen molar-refractivity contribution in [2.75, 3.05) is 18.0 Å². The first kappa shape index (κ1) is 14.8. The number of hydrogen-bond acceptors (Lipinski definition) is 5. The largest absolute Gasteiger partial charge is 0.490 e. The van der Waals surface area contributed by atoms with E-state index < -0.39 is 0 Å². The fourth-order valence-corrected chi connectivity index (χ4v) is 2.94. The molecule has 0 atom stereocenters. The first-order chi connectivity index (χ1) is 10.8. The van der Waals surface area contributed by atoms with Gasteiger partial charge in [0.25, 0.3) is 0 Å². The van der Waals surface area contributed by atoms with Crippen molar-refractivity contribution in [2.24, 2.45) is 0 Å². The molecular formula is C16H15BrN4O. The van der Waals surface area contributed by atoms with Gasteiger partial charge in [-0.1, -0.05) is 22.0 Å². The molecule has 0 bridgehead atoms. The Kier molecular flexibility index (Phi) is 4.54. The Labute approximate surface area is 137 Å². The summed E-state index contributed by atoms with van der Waals surface area (Å²) in [7, 11) is 0. The van der Waals surface area contributed by atoms with E-state index in [1.54, 1.807) is 12.4 Å². The number of anilines is 1. The quantitative estimate of drug-likeness (QED) is 0.843. The molecular weight excluding hydrogens is 344 g/mol. The third-order valence-corrected chi connectivity index (χ3v) is 4.12. The summed E-state index contributed by atoms with van der Waals surface area (Å²) in [6.45, 7) is 1.62. The van der Waals surface area contributed by atoms with E-state index in [0.717, 1.165) is 36.2 Å². The average Bonchev–Trinajstić information content (AvgIpc) is 2.56. The van der Waals surface area contributed by atoms with Crippen molar-refractivity contribution in [3.63, 3.8) is 0 Å². The molecule has 3 rings (SSSR count). The Morgan fingerprint density at radius 3 is 2.73 bits per heavy atom. The van der Waals surface area contributed by atoms with Crippen LogP contribution in [-0.4, -0.2) is 29.2 Å². The van der Waals surface area contributed by atoms with Gasteiger partial charge in [-0.3, -0.25) is 0 Å². The summed E-state index contributed by atoms with van der Waals surface area (Å²) in [5, 5.41) is 9.11. The Balaban J connectivity index is 1.62. The Morgan fingerprint density at radius 2 is 2.00 bits per heavy atom. The van der Waals surface area contributed by atoms with Crippen molar-refractivity contribution in [2.45, 2.75) is 18.9 Å². The minimum Gasteiger partial charge on any atom is -0.490 e. The van der Waals surface area contributed by atoms with Crippen LogP contribution in [0.15, 0.2) is 41.1 Å². The predicted molar refractivity (Wildman–Crippen MR) is 86.8 cm³/mol. The molecule has 112 valence electrons. The second-order valence-electron chi connectivity index (χ2n) is 5.10. The van der Waals surface area contributed by atoms with Gasteiger partial charge in [-0.15, -0.1) is 0 Å². The van der Waals surface area contributed by atoms with E-state index in [1.807, 2.05) is 24.3 Å². The van der Waals surface area contributed by atoms with Crippen LogP contribution in [0.25, 0.3) is 0 Å². The van der Waals surface area contributed by atoms with E-state index in [1.165, 1.54) is 0 Å². The van der Waals surface area contributed by atoms with E-state index in [-0.39, 0.29) is 6.10 Å². The summed E-state index contributed by atoms with van der Waals surface area (Å²) < 4.78 is 7.03. The van der Waals surface area contributed by atoms with E-state index in [2.05, 4.69) is 36.9 Å². The van der Waals surface area contributed by atoms with Crippen LogP contribution in [0.4, 0.5) is 5.82 Å². The maximum Gasteiger partial charge on any atom is 0.183 e. The predicted octanol–water partition coefficient (Wildman–Crippen LogP) is 3.16. The van der Waals surface area contributed by atoms with Crippen LogP contribution in [0.2, 0.25) is 0 Å². The topological polar surface area (TPSA) is 62.0 Å². The first-order valence-corrected chi connectivity index (χ1v) is 7.94. The third-order valence-electron chi connectivity index (χ3n) is 3.63. The number of piperidine rings is 1. The number of halogens is 1. The Bertz CT molecular complexity index is 693. The minimum absolute atomic E-state index is 0.188. The summed E-state index contributed by atoms with van der Waals surface area (Å²) in [6.07, 6.45) is 5.15. The van der Waals surface area contributed by atoms with Gasteiger partial charge in [0.15, 0.2) is 11.5 Å². The second-order valence-corrected chi connectivity index (χ2v) is 6.02. The standard InChI is InChI=1S/C16H15BrN4O/c17-12-2-1-3-14(10-12)22-13-4-8-21(9-5-13)16-15(11-18)19-6-7-20-16/h1-3,6-7,10,13H,4-5,8-9H2. The Hall–Kier alpha value is -2.13. The zero-order chi connectivity index (χ0) is 15.4. The molecule has 2 heterocycles. The molecule has 1 aromatic carbocycles. The SMILES string of the molecule is N#Cc1nccnc1N1CCC(Oc2cccc(Br)c2)CC1. The minimum atomic E-state index is 0.188. The van der Waals surface area contributed by atoms with Crippen molar-refractivity contribution in [1.29, 1.82) is 5.26 Å². The van der Waals surface area contributed by atoms with Crippen molar-refractivity contribution in [3.05, 3.63) is 46.8 Å². The molecule has 22 heavy (non-hydrogen) atoms. The van der Waals surface area contributed by atoms with Gasteiger partial charge in [0.2, 0.25) is 0 Å². The monoisotopic (exact) mass is 358 g/mol. The molecule has 0 radical (unpaired) electrons. The summed E-state index contributed by atoms with van der Waals surface area (Å²) in [5.74, 6) is 1.55. The maximum atomic E-state index is 9.11. The van der Waals surface area contributed by atoms with E-state index in [0.29, 0.717) is 11.5 Å². The van der Waals surface area contributed by atoms with Crippen LogP contribution in [-0.2, 0) is 0 Å². The van der Waals surface area contributed by atoms with Gasteiger partial charge >= 0.3 is 0 Å². The number of ether oxygens (including phenoxy) is 1. The molecule has 0 N–H and O–H groups in total. The number of nitrogens with zero attached hydrogens (tertiary/aromatic N) is 4. The fourth-order valence-electron chi connectivity index (χ4n) is 2.56. The van der Waals surface area contributed by atoms with Crippen LogP contribution >= 0.6 is 15.9 Å². The van der Waals surface area contributed by atoms with Gasteiger partial charge in [0.05, 0.1) is 0 Å². The number of hydrogen-bond donors (Lipinski definition) is 0. The lowest BCUT2D eigenvalue weighted by Crippen LogP contribution is -2.39. The molecule has 1 fully saturated rings. The number of nitriles is 1. The van der Waals surface area contributed by atoms with Crippen molar-refractivity contribution in [1.82, 2.24) is 9.97 Å². The highest BCUT2D eigenvalue weighted by atomic mass is 79.9. The van der Waals surface area contributed by atoms with Crippen molar-refractivity contribution < 1.29 is 4.74 Å². The van der Waals surface area contributed by atoms with Gasteiger partial charge in [-0.2, -0.15) is 5.26 Å². The lowest BCUT2D eigenvalue weighted by atomic mass is 10.1. The van der Waals surface area contributed by atoms with Gasteiger partial charge in [0.1, 0.15) is 17.9 Å². The first-order valence-electron chi connectivity index (χ1n) is 7.14. The molecule has 1 aromatic heterocycles. The van der Waals surface area contributed by atoms with Crippen molar-refractivity contribution >= 4 is 21.7 Å². The lowest BCUT2D eigenvalue weighted by Gasteiger charge is -2.33. The maximum absolute atomic E-state index is 9.11. The summed E-state index contributed by atoms with van der Waals surface area (Å²) in [6, 6.07) is 9.98. The molecule has 1 saturated heterocycles. The zero-order valence-corrected chi connectivity index (χ0v) is 13.5. The van der Waals surface area contributed by atoms with Crippen LogP contribution in [0.5, 0.6) is 5.75 Å². The highest BCUT2D eigenvalue weighted by Crippen LogP contribution is 2.24. The smallest absolute Gasteiger partial charge is 0.183 e. The summed E-state index contributed by atoms with van der Waals surface area (Å²) >= 11 is 3.45. The average molecular weight is 359 g/mol.